The number of carbonyl (C=O) groups excluding carboxylic acids is 1. The number of rotatable bonds is 6. The zero-order chi connectivity index (χ0) is 12.7. The lowest BCUT2D eigenvalue weighted by Crippen LogP contribution is -2.37. The first-order valence-electron chi connectivity index (χ1n) is 5.35. The van der Waals surface area contributed by atoms with Crippen molar-refractivity contribution >= 4 is 12.0 Å². The van der Waals surface area contributed by atoms with Gasteiger partial charge < -0.3 is 20.7 Å². The van der Waals surface area contributed by atoms with E-state index in [9.17, 15) is 9.59 Å². The van der Waals surface area contributed by atoms with E-state index in [-0.39, 0.29) is 18.5 Å². The molecule has 1 aromatic rings. The molecule has 0 saturated carbocycles. The van der Waals surface area contributed by atoms with Gasteiger partial charge in [0.05, 0.1) is 6.04 Å². The van der Waals surface area contributed by atoms with Crippen molar-refractivity contribution in [1.82, 2.24) is 20.6 Å². The summed E-state index contributed by atoms with van der Waals surface area (Å²) in [6.07, 6.45) is 3.75. The summed E-state index contributed by atoms with van der Waals surface area (Å²) in [6, 6.07) is -0.552. The van der Waals surface area contributed by atoms with Crippen molar-refractivity contribution in [2.24, 2.45) is 0 Å². The molecule has 1 rings (SSSR count). The number of H-pyrrole nitrogens is 1. The quantitative estimate of drug-likeness (QED) is 0.547. The Bertz CT molecular complexity index is 364. The van der Waals surface area contributed by atoms with Crippen LogP contribution < -0.4 is 10.6 Å². The normalized spacial score (nSPS) is 11.8. The third-order valence-electron chi connectivity index (χ3n) is 2.13. The van der Waals surface area contributed by atoms with Crippen LogP contribution in [0.3, 0.4) is 0 Å². The van der Waals surface area contributed by atoms with Crippen molar-refractivity contribution in [1.29, 1.82) is 0 Å². The number of hydrogen-bond acceptors (Lipinski definition) is 3. The highest BCUT2D eigenvalue weighted by Crippen LogP contribution is 2.04. The van der Waals surface area contributed by atoms with E-state index in [1.807, 2.05) is 0 Å². The second-order valence-corrected chi connectivity index (χ2v) is 3.59. The molecule has 7 nitrogen and oxygen atoms in total. The maximum absolute atomic E-state index is 11.4. The highest BCUT2D eigenvalue weighted by Gasteiger charge is 2.10. The number of amides is 2. The van der Waals surface area contributed by atoms with Crippen LogP contribution in [0.15, 0.2) is 12.4 Å². The largest absolute Gasteiger partial charge is 0.481 e. The summed E-state index contributed by atoms with van der Waals surface area (Å²) in [5.41, 5.74) is 0. The summed E-state index contributed by atoms with van der Waals surface area (Å²) in [6.45, 7) is 2.14. The number of nitrogens with zero attached hydrogens (tertiary/aromatic N) is 1. The molecule has 0 aliphatic heterocycles. The summed E-state index contributed by atoms with van der Waals surface area (Å²) in [5, 5.41) is 13.7. The van der Waals surface area contributed by atoms with Crippen molar-refractivity contribution in [3.05, 3.63) is 18.2 Å². The molecule has 0 bridgehead atoms. The zero-order valence-electron chi connectivity index (χ0n) is 9.56. The molecule has 4 N–H and O–H groups in total. The van der Waals surface area contributed by atoms with Gasteiger partial charge in [-0.1, -0.05) is 0 Å². The summed E-state index contributed by atoms with van der Waals surface area (Å²) >= 11 is 0. The van der Waals surface area contributed by atoms with Gasteiger partial charge in [0.25, 0.3) is 0 Å². The molecule has 0 aromatic carbocycles. The van der Waals surface area contributed by atoms with E-state index in [1.54, 1.807) is 19.3 Å². The second-order valence-electron chi connectivity index (χ2n) is 3.59. The van der Waals surface area contributed by atoms with Crippen molar-refractivity contribution in [3.63, 3.8) is 0 Å². The molecular formula is C10H16N4O3. The first kappa shape index (κ1) is 13.0. The van der Waals surface area contributed by atoms with Crippen molar-refractivity contribution in [2.45, 2.75) is 25.8 Å². The van der Waals surface area contributed by atoms with Crippen LogP contribution in [0.4, 0.5) is 4.79 Å². The van der Waals surface area contributed by atoms with E-state index in [4.69, 9.17) is 5.11 Å². The Hall–Kier alpha value is -2.05. The van der Waals surface area contributed by atoms with Crippen LogP contribution in [-0.2, 0) is 4.79 Å². The molecule has 17 heavy (non-hydrogen) atoms. The summed E-state index contributed by atoms with van der Waals surface area (Å²) in [7, 11) is 0. The average Bonchev–Trinajstić information content (AvgIpc) is 2.77. The molecular weight excluding hydrogens is 224 g/mol. The van der Waals surface area contributed by atoms with Gasteiger partial charge in [-0.05, 0) is 13.3 Å². The molecule has 94 valence electrons. The van der Waals surface area contributed by atoms with Crippen molar-refractivity contribution in [3.8, 4) is 0 Å². The number of carbonyl (C=O) groups is 2. The lowest BCUT2D eigenvalue weighted by atomic mass is 10.3. The Morgan fingerprint density at radius 1 is 1.59 bits per heavy atom. The fraction of sp³-hybridized carbons (Fsp3) is 0.500. The number of carboxylic acid groups (broad SMARTS) is 1. The van der Waals surface area contributed by atoms with Crippen molar-refractivity contribution in [2.75, 3.05) is 6.54 Å². The maximum Gasteiger partial charge on any atom is 0.315 e. The molecule has 7 heteroatoms. The SMILES string of the molecule is CC(NC(=O)NCCCC(=O)O)c1ncc[nH]1. The van der Waals surface area contributed by atoms with E-state index in [0.29, 0.717) is 18.8 Å². The van der Waals surface area contributed by atoms with Gasteiger partial charge in [0.15, 0.2) is 0 Å². The standard InChI is InChI=1S/C10H16N4O3/c1-7(9-11-5-6-12-9)14-10(17)13-4-2-3-8(15)16/h5-7H,2-4H2,1H3,(H,11,12)(H,15,16)(H2,13,14,17). The molecule has 0 aliphatic carbocycles. The predicted molar refractivity (Wildman–Crippen MR) is 60.4 cm³/mol. The molecule has 0 radical (unpaired) electrons. The molecule has 0 aliphatic rings. The lowest BCUT2D eigenvalue weighted by molar-refractivity contribution is -0.137. The van der Waals surface area contributed by atoms with E-state index in [0.717, 1.165) is 0 Å². The number of nitrogens with one attached hydrogen (secondary N) is 3. The molecule has 2 amide bonds. The third kappa shape index (κ3) is 5.01. The van der Waals surface area contributed by atoms with Gasteiger partial charge in [0.1, 0.15) is 5.82 Å². The molecule has 1 unspecified atom stereocenters. The smallest absolute Gasteiger partial charge is 0.315 e. The minimum absolute atomic E-state index is 0.0496. The van der Waals surface area contributed by atoms with E-state index >= 15 is 0 Å². The Kier molecular flexibility index (Phi) is 4.99. The first-order chi connectivity index (χ1) is 8.09. The van der Waals surface area contributed by atoms with Crippen LogP contribution in [0, 0.1) is 0 Å². The Labute approximate surface area is 98.6 Å². The number of hydrogen-bond donors (Lipinski definition) is 4. The van der Waals surface area contributed by atoms with E-state index < -0.39 is 5.97 Å². The number of urea groups is 1. The number of imidazole rings is 1. The third-order valence-corrected chi connectivity index (χ3v) is 2.13. The molecule has 0 fully saturated rings. The van der Waals surface area contributed by atoms with Gasteiger partial charge >= 0.3 is 12.0 Å². The fourth-order valence-electron chi connectivity index (χ4n) is 1.27. The van der Waals surface area contributed by atoms with Crippen LogP contribution in [0.5, 0.6) is 0 Å². The molecule has 1 heterocycles. The Morgan fingerprint density at radius 3 is 2.94 bits per heavy atom. The maximum atomic E-state index is 11.4. The van der Waals surface area contributed by atoms with Gasteiger partial charge in [-0.2, -0.15) is 0 Å². The number of aromatic nitrogens is 2. The van der Waals surface area contributed by atoms with Crippen LogP contribution in [0.2, 0.25) is 0 Å². The summed E-state index contributed by atoms with van der Waals surface area (Å²) in [5.74, 6) is -0.193. The van der Waals surface area contributed by atoms with Gasteiger partial charge in [-0.3, -0.25) is 4.79 Å². The molecule has 0 spiro atoms. The number of carboxylic acids is 1. The molecule has 0 saturated heterocycles. The Morgan fingerprint density at radius 2 is 2.35 bits per heavy atom. The van der Waals surface area contributed by atoms with Gasteiger partial charge in [0.2, 0.25) is 0 Å². The molecule has 1 atom stereocenters. The summed E-state index contributed by atoms with van der Waals surface area (Å²) in [4.78, 5) is 28.5. The summed E-state index contributed by atoms with van der Waals surface area (Å²) < 4.78 is 0. The van der Waals surface area contributed by atoms with Crippen LogP contribution in [-0.4, -0.2) is 33.6 Å². The fourth-order valence-corrected chi connectivity index (χ4v) is 1.27. The van der Waals surface area contributed by atoms with E-state index in [1.165, 1.54) is 0 Å². The number of aliphatic carboxylic acids is 1. The minimum Gasteiger partial charge on any atom is -0.481 e. The van der Waals surface area contributed by atoms with Gasteiger partial charge in [-0.25, -0.2) is 9.78 Å². The average molecular weight is 240 g/mol. The monoisotopic (exact) mass is 240 g/mol. The lowest BCUT2D eigenvalue weighted by Gasteiger charge is -2.12. The second kappa shape index (κ2) is 6.51. The minimum atomic E-state index is -0.865. The molecule has 1 aromatic heterocycles. The number of aromatic amines is 1. The van der Waals surface area contributed by atoms with Gasteiger partial charge in [0, 0.05) is 25.4 Å². The van der Waals surface area contributed by atoms with Crippen LogP contribution >= 0.6 is 0 Å². The van der Waals surface area contributed by atoms with Crippen LogP contribution in [0.25, 0.3) is 0 Å². The Balaban J connectivity index is 2.19. The zero-order valence-corrected chi connectivity index (χ0v) is 9.56. The highest BCUT2D eigenvalue weighted by atomic mass is 16.4. The van der Waals surface area contributed by atoms with Crippen molar-refractivity contribution < 1.29 is 14.7 Å². The predicted octanol–water partition coefficient (Wildman–Crippen LogP) is 0.635. The van der Waals surface area contributed by atoms with Gasteiger partial charge in [-0.15, -0.1) is 0 Å². The van der Waals surface area contributed by atoms with Crippen LogP contribution in [0.1, 0.15) is 31.6 Å². The van der Waals surface area contributed by atoms with E-state index in [2.05, 4.69) is 20.6 Å². The first-order valence-corrected chi connectivity index (χ1v) is 5.35. The topological polar surface area (TPSA) is 107 Å². The highest BCUT2D eigenvalue weighted by molar-refractivity contribution is 5.74.